The highest BCUT2D eigenvalue weighted by molar-refractivity contribution is 5.62. The molecule has 0 amide bonds. The van der Waals surface area contributed by atoms with E-state index in [1.54, 1.807) is 18.2 Å². The minimum atomic E-state index is -0.339. The van der Waals surface area contributed by atoms with Crippen molar-refractivity contribution in [1.29, 1.82) is 0 Å². The lowest BCUT2D eigenvalue weighted by Gasteiger charge is -2.03. The molecule has 2 rings (SSSR count). The van der Waals surface area contributed by atoms with Gasteiger partial charge in [0.05, 0.1) is 6.61 Å². The zero-order valence-electron chi connectivity index (χ0n) is 8.40. The van der Waals surface area contributed by atoms with Crippen LogP contribution in [-0.4, -0.2) is 10.1 Å². The van der Waals surface area contributed by atoms with E-state index in [-0.39, 0.29) is 23.5 Å². The third-order valence-corrected chi connectivity index (χ3v) is 2.31. The number of aliphatic hydroxyl groups is 1. The summed E-state index contributed by atoms with van der Waals surface area (Å²) in [6, 6.07) is 7.59. The Morgan fingerprint density at radius 3 is 2.75 bits per heavy atom. The van der Waals surface area contributed by atoms with Gasteiger partial charge in [-0.1, -0.05) is 12.1 Å². The van der Waals surface area contributed by atoms with E-state index >= 15 is 0 Å². The third kappa shape index (κ3) is 2.01. The number of hydrogen-bond acceptors (Lipinski definition) is 2. The Bertz CT molecular complexity index is 563. The molecule has 0 saturated heterocycles. The second-order valence-corrected chi connectivity index (χ2v) is 3.41. The summed E-state index contributed by atoms with van der Waals surface area (Å²) in [4.78, 5) is 13.7. The van der Waals surface area contributed by atoms with Crippen LogP contribution >= 0.6 is 0 Å². The van der Waals surface area contributed by atoms with Crippen LogP contribution in [0, 0.1) is 5.82 Å². The van der Waals surface area contributed by atoms with Crippen molar-refractivity contribution < 1.29 is 9.50 Å². The predicted molar refractivity (Wildman–Crippen MR) is 58.4 cm³/mol. The van der Waals surface area contributed by atoms with Crippen molar-refractivity contribution in [2.24, 2.45) is 0 Å². The van der Waals surface area contributed by atoms with Crippen LogP contribution in [0.2, 0.25) is 0 Å². The van der Waals surface area contributed by atoms with E-state index in [2.05, 4.69) is 4.98 Å². The first-order valence-electron chi connectivity index (χ1n) is 4.79. The number of halogens is 1. The van der Waals surface area contributed by atoms with Crippen LogP contribution in [0.5, 0.6) is 0 Å². The SMILES string of the molecule is O=c1[nH]cc(-c2cccc(F)c2)cc1CO. The molecular weight excluding hydrogens is 209 g/mol. The average Bonchev–Trinajstić information content (AvgIpc) is 2.29. The van der Waals surface area contributed by atoms with Crippen molar-refractivity contribution in [3.05, 3.63) is 58.3 Å². The van der Waals surface area contributed by atoms with E-state index in [1.807, 2.05) is 0 Å². The van der Waals surface area contributed by atoms with Crippen LogP contribution in [0.1, 0.15) is 5.56 Å². The van der Waals surface area contributed by atoms with Gasteiger partial charge in [-0.3, -0.25) is 4.79 Å². The fourth-order valence-corrected chi connectivity index (χ4v) is 1.48. The highest BCUT2D eigenvalue weighted by atomic mass is 19.1. The van der Waals surface area contributed by atoms with Crippen LogP contribution in [0.25, 0.3) is 11.1 Å². The number of benzene rings is 1. The average molecular weight is 219 g/mol. The van der Waals surface area contributed by atoms with Gasteiger partial charge in [0.1, 0.15) is 5.82 Å². The maximum absolute atomic E-state index is 13.0. The molecule has 3 nitrogen and oxygen atoms in total. The van der Waals surface area contributed by atoms with Gasteiger partial charge < -0.3 is 10.1 Å². The summed E-state index contributed by atoms with van der Waals surface area (Å²) >= 11 is 0. The third-order valence-electron chi connectivity index (χ3n) is 2.31. The zero-order valence-corrected chi connectivity index (χ0v) is 8.40. The number of hydrogen-bond donors (Lipinski definition) is 2. The first-order chi connectivity index (χ1) is 7.70. The fraction of sp³-hybridized carbons (Fsp3) is 0.0833. The molecule has 0 aliphatic carbocycles. The minimum Gasteiger partial charge on any atom is -0.391 e. The number of nitrogens with one attached hydrogen (secondary N) is 1. The van der Waals surface area contributed by atoms with Gasteiger partial charge in [-0.05, 0) is 29.3 Å². The number of pyridine rings is 1. The van der Waals surface area contributed by atoms with Crippen LogP contribution in [0.3, 0.4) is 0 Å². The lowest BCUT2D eigenvalue weighted by atomic mass is 10.1. The maximum Gasteiger partial charge on any atom is 0.253 e. The maximum atomic E-state index is 13.0. The summed E-state index contributed by atoms with van der Waals surface area (Å²) in [5, 5.41) is 8.95. The monoisotopic (exact) mass is 219 g/mol. The lowest BCUT2D eigenvalue weighted by molar-refractivity contribution is 0.280. The van der Waals surface area contributed by atoms with E-state index in [1.165, 1.54) is 18.3 Å². The van der Waals surface area contributed by atoms with Crippen LogP contribution in [-0.2, 0) is 6.61 Å². The highest BCUT2D eigenvalue weighted by Crippen LogP contribution is 2.18. The summed E-state index contributed by atoms with van der Waals surface area (Å²) in [5.41, 5.74) is 1.26. The number of rotatable bonds is 2. The number of aromatic nitrogens is 1. The first-order valence-corrected chi connectivity index (χ1v) is 4.79. The molecule has 1 aromatic heterocycles. The Morgan fingerprint density at radius 1 is 1.25 bits per heavy atom. The molecular formula is C12H10FNO2. The van der Waals surface area contributed by atoms with Gasteiger partial charge in [0.2, 0.25) is 0 Å². The van der Waals surface area contributed by atoms with Crippen molar-refractivity contribution in [1.82, 2.24) is 4.98 Å². The number of aliphatic hydroxyl groups excluding tert-OH is 1. The van der Waals surface area contributed by atoms with Crippen molar-refractivity contribution in [2.75, 3.05) is 0 Å². The Kier molecular flexibility index (Phi) is 2.83. The summed E-state index contributed by atoms with van der Waals surface area (Å²) in [5.74, 6) is -0.339. The molecule has 1 aromatic carbocycles. The summed E-state index contributed by atoms with van der Waals surface area (Å²) in [6.45, 7) is -0.335. The van der Waals surface area contributed by atoms with E-state index in [0.717, 1.165) is 0 Å². The van der Waals surface area contributed by atoms with Crippen LogP contribution < -0.4 is 5.56 Å². The molecule has 0 fully saturated rings. The van der Waals surface area contributed by atoms with E-state index in [4.69, 9.17) is 5.11 Å². The molecule has 0 spiro atoms. The molecule has 16 heavy (non-hydrogen) atoms. The van der Waals surface area contributed by atoms with Gasteiger partial charge in [-0.2, -0.15) is 0 Å². The van der Waals surface area contributed by atoms with Gasteiger partial charge in [0, 0.05) is 11.8 Å². The smallest absolute Gasteiger partial charge is 0.253 e. The van der Waals surface area contributed by atoms with Gasteiger partial charge in [0.25, 0.3) is 5.56 Å². The minimum absolute atomic E-state index is 0.266. The Balaban J connectivity index is 2.52. The summed E-state index contributed by atoms with van der Waals surface area (Å²) in [7, 11) is 0. The number of aromatic amines is 1. The van der Waals surface area contributed by atoms with E-state index in [9.17, 15) is 9.18 Å². The summed E-state index contributed by atoms with van der Waals surface area (Å²) in [6.07, 6.45) is 1.50. The van der Waals surface area contributed by atoms with Gasteiger partial charge >= 0.3 is 0 Å². The van der Waals surface area contributed by atoms with Gasteiger partial charge in [0.15, 0.2) is 0 Å². The molecule has 4 heteroatoms. The predicted octanol–water partition coefficient (Wildman–Crippen LogP) is 1.67. The Hall–Kier alpha value is -1.94. The Labute approximate surface area is 91.2 Å². The number of H-pyrrole nitrogens is 1. The Morgan fingerprint density at radius 2 is 2.06 bits per heavy atom. The second-order valence-electron chi connectivity index (χ2n) is 3.41. The standard InChI is InChI=1S/C12H10FNO2/c13-11-3-1-2-8(5-11)9-4-10(7-15)12(16)14-6-9/h1-6,15H,7H2,(H,14,16). The highest BCUT2D eigenvalue weighted by Gasteiger charge is 2.03. The molecule has 2 aromatic rings. The van der Waals surface area contributed by atoms with Crippen molar-refractivity contribution in [3.8, 4) is 11.1 Å². The molecule has 82 valence electrons. The van der Waals surface area contributed by atoms with E-state index < -0.39 is 0 Å². The van der Waals surface area contributed by atoms with Crippen LogP contribution in [0.4, 0.5) is 4.39 Å². The molecule has 0 aliphatic rings. The zero-order chi connectivity index (χ0) is 11.5. The second kappa shape index (κ2) is 4.28. The summed E-state index contributed by atoms with van der Waals surface area (Å²) < 4.78 is 13.0. The molecule has 1 heterocycles. The first kappa shape index (κ1) is 10.6. The normalized spacial score (nSPS) is 10.4. The van der Waals surface area contributed by atoms with Gasteiger partial charge in [-0.25, -0.2) is 4.39 Å². The topological polar surface area (TPSA) is 53.1 Å². The van der Waals surface area contributed by atoms with Crippen LogP contribution in [0.15, 0.2) is 41.3 Å². The quantitative estimate of drug-likeness (QED) is 0.807. The largest absolute Gasteiger partial charge is 0.391 e. The van der Waals surface area contributed by atoms with Crippen molar-refractivity contribution in [3.63, 3.8) is 0 Å². The molecule has 0 saturated carbocycles. The van der Waals surface area contributed by atoms with Crippen molar-refractivity contribution >= 4 is 0 Å². The lowest BCUT2D eigenvalue weighted by Crippen LogP contribution is -2.11. The molecule has 0 aliphatic heterocycles. The van der Waals surface area contributed by atoms with E-state index in [0.29, 0.717) is 11.1 Å². The molecule has 2 N–H and O–H groups in total. The molecule has 0 bridgehead atoms. The van der Waals surface area contributed by atoms with Crippen molar-refractivity contribution in [2.45, 2.75) is 6.61 Å². The molecule has 0 atom stereocenters. The molecule has 0 radical (unpaired) electrons. The fourth-order valence-electron chi connectivity index (χ4n) is 1.48. The van der Waals surface area contributed by atoms with Gasteiger partial charge in [-0.15, -0.1) is 0 Å². The molecule has 0 unspecified atom stereocenters.